The zero-order chi connectivity index (χ0) is 29.0. The van der Waals surface area contributed by atoms with Crippen LogP contribution in [0.3, 0.4) is 0 Å². The summed E-state index contributed by atoms with van der Waals surface area (Å²) in [5, 5.41) is 15.9. The smallest absolute Gasteiger partial charge is 0.285 e. The number of benzene rings is 4. The van der Waals surface area contributed by atoms with E-state index in [0.29, 0.717) is 17.1 Å². The minimum Gasteiger partial charge on any atom is -0.285 e. The molecule has 4 rings (SSSR count). The molecule has 0 radical (unpaired) electrons. The van der Waals surface area contributed by atoms with Gasteiger partial charge in [0.2, 0.25) is 10.9 Å². The number of rotatable bonds is 7. The van der Waals surface area contributed by atoms with Gasteiger partial charge in [-0.3, -0.25) is 25.0 Å². The lowest BCUT2D eigenvalue weighted by molar-refractivity contribution is 0.483. The summed E-state index contributed by atoms with van der Waals surface area (Å²) in [7, 11) is -4.36. The van der Waals surface area contributed by atoms with E-state index in [2.05, 4.69) is 31.3 Å². The molecule has 204 valence electrons. The molecule has 40 heavy (non-hydrogen) atoms. The zero-order valence-corrected chi connectivity index (χ0v) is 22.9. The third-order valence-corrected chi connectivity index (χ3v) is 6.78. The molecule has 0 aliphatic rings. The van der Waals surface area contributed by atoms with Gasteiger partial charge in [0, 0.05) is 6.07 Å². The van der Waals surface area contributed by atoms with E-state index in [1.165, 1.54) is 30.3 Å². The predicted octanol–water partition coefficient (Wildman–Crippen LogP) is 4.03. The van der Waals surface area contributed by atoms with E-state index in [1.54, 1.807) is 12.1 Å². The van der Waals surface area contributed by atoms with Gasteiger partial charge in [-0.05, 0) is 75.2 Å². The van der Waals surface area contributed by atoms with Crippen LogP contribution in [0.15, 0.2) is 102 Å². The van der Waals surface area contributed by atoms with E-state index in [4.69, 9.17) is 4.55 Å². The second-order valence-electron chi connectivity index (χ2n) is 9.18. The van der Waals surface area contributed by atoms with E-state index in [9.17, 15) is 18.0 Å². The normalized spacial score (nSPS) is 12.7. The topological polar surface area (TPSA) is 162 Å². The fourth-order valence-corrected chi connectivity index (χ4v) is 4.25. The van der Waals surface area contributed by atoms with Crippen LogP contribution in [-0.2, 0) is 10.1 Å². The van der Waals surface area contributed by atoms with Crippen LogP contribution in [0.25, 0.3) is 0 Å². The van der Waals surface area contributed by atoms with Crippen LogP contribution in [0.5, 0.6) is 0 Å². The molecule has 4 aromatic rings. The maximum absolute atomic E-state index is 13.2. The Morgan fingerprint density at radius 2 is 1.30 bits per heavy atom. The number of nitrogens with one attached hydrogen (secondary N) is 2. The molecule has 11 nitrogen and oxygen atoms in total. The Morgan fingerprint density at radius 1 is 0.675 bits per heavy atom. The molecule has 0 spiro atoms. The summed E-state index contributed by atoms with van der Waals surface area (Å²) in [5.74, 6) is 0. The maximum atomic E-state index is 13.2. The van der Waals surface area contributed by atoms with Crippen molar-refractivity contribution in [3.63, 3.8) is 0 Å². The third kappa shape index (κ3) is 6.60. The Kier molecular flexibility index (Phi) is 8.12. The Labute approximate surface area is 229 Å². The molecule has 0 bridgehead atoms. The van der Waals surface area contributed by atoms with Crippen LogP contribution in [0, 0.1) is 27.7 Å². The molecule has 0 saturated heterocycles. The average Bonchev–Trinajstić information content (AvgIpc) is 2.89. The van der Waals surface area contributed by atoms with Crippen molar-refractivity contribution in [2.45, 2.75) is 32.6 Å². The quantitative estimate of drug-likeness (QED) is 0.175. The number of hydrogen-bond acceptors (Lipinski definition) is 10. The van der Waals surface area contributed by atoms with Gasteiger partial charge >= 0.3 is 0 Å². The molecular weight excluding hydrogens is 532 g/mol. The first-order valence-corrected chi connectivity index (χ1v) is 13.5. The van der Waals surface area contributed by atoms with Crippen molar-refractivity contribution < 1.29 is 13.0 Å². The van der Waals surface area contributed by atoms with Crippen LogP contribution in [0.4, 0.5) is 22.7 Å². The standard InChI is InChI=1S/C28H26N6O5S/c1-16-5-11-22(18(3)13-16)30-33-25-15-24(32-29-20-7-9-21(10-8-20)40(37,38)39)27(35)26(28(25)36)34-31-23-12-6-17(2)14-19(23)4/h5-15,29,31H,1-4H3,(H,37,38,39)/b32-24+,33-30?,34-26-. The fraction of sp³-hybridized carbons (Fsp3) is 0.143. The fourth-order valence-electron chi connectivity index (χ4n) is 3.77. The lowest BCUT2D eigenvalue weighted by atomic mass is 10.1. The summed E-state index contributed by atoms with van der Waals surface area (Å²) >= 11 is 0. The van der Waals surface area contributed by atoms with Gasteiger partial charge in [0.05, 0.1) is 22.0 Å². The number of hydrogen-bond donors (Lipinski definition) is 3. The van der Waals surface area contributed by atoms with Gasteiger partial charge in [-0.2, -0.15) is 23.7 Å². The van der Waals surface area contributed by atoms with Crippen LogP contribution in [-0.4, -0.2) is 13.0 Å². The van der Waals surface area contributed by atoms with Gasteiger partial charge in [-0.15, -0.1) is 5.11 Å². The van der Waals surface area contributed by atoms with Crippen molar-refractivity contribution in [1.29, 1.82) is 0 Å². The molecule has 3 N–H and O–H groups in total. The first-order chi connectivity index (χ1) is 18.9. The first kappa shape index (κ1) is 28.2. The second kappa shape index (κ2) is 11.5. The lowest BCUT2D eigenvalue weighted by Gasteiger charge is -2.05. The molecule has 0 unspecified atom stereocenters. The Hall–Kier alpha value is -4.81. The molecule has 4 aromatic carbocycles. The molecule has 0 aromatic heterocycles. The van der Waals surface area contributed by atoms with Crippen LogP contribution < -0.4 is 32.4 Å². The summed E-state index contributed by atoms with van der Waals surface area (Å²) in [5.41, 5.74) is 9.11. The molecule has 0 atom stereocenters. The summed E-state index contributed by atoms with van der Waals surface area (Å²) in [4.78, 5) is 26.2. The molecule has 0 amide bonds. The van der Waals surface area contributed by atoms with E-state index in [0.717, 1.165) is 22.3 Å². The Morgan fingerprint density at radius 3 is 1.93 bits per heavy atom. The second-order valence-corrected chi connectivity index (χ2v) is 10.6. The largest absolute Gasteiger partial charge is 0.294 e. The highest BCUT2D eigenvalue weighted by atomic mass is 32.2. The van der Waals surface area contributed by atoms with E-state index < -0.39 is 26.3 Å². The van der Waals surface area contributed by atoms with Gasteiger partial charge in [-0.1, -0.05) is 35.4 Å². The van der Waals surface area contributed by atoms with Gasteiger partial charge in [0.25, 0.3) is 10.1 Å². The Balaban J connectivity index is 1.81. The van der Waals surface area contributed by atoms with Crippen molar-refractivity contribution in [3.8, 4) is 0 Å². The highest BCUT2D eigenvalue weighted by Crippen LogP contribution is 2.21. The van der Waals surface area contributed by atoms with Crippen molar-refractivity contribution in [3.05, 3.63) is 120 Å². The zero-order valence-electron chi connectivity index (χ0n) is 22.1. The lowest BCUT2D eigenvalue weighted by Crippen LogP contribution is -2.48. The van der Waals surface area contributed by atoms with Gasteiger partial charge in [-0.25, -0.2) is 0 Å². The first-order valence-electron chi connectivity index (χ1n) is 12.0. The highest BCUT2D eigenvalue weighted by molar-refractivity contribution is 7.85. The van der Waals surface area contributed by atoms with Gasteiger partial charge in [0.15, 0.2) is 5.36 Å². The summed E-state index contributed by atoms with van der Waals surface area (Å²) < 4.78 is 31.7. The molecular formula is C28H26N6O5S. The van der Waals surface area contributed by atoms with Crippen molar-refractivity contribution in [2.24, 2.45) is 20.4 Å². The minimum atomic E-state index is -4.36. The summed E-state index contributed by atoms with van der Waals surface area (Å²) in [6.07, 6.45) is 0. The number of aryl methyl sites for hydroxylation is 4. The average molecular weight is 559 g/mol. The number of anilines is 2. The van der Waals surface area contributed by atoms with E-state index in [1.807, 2.05) is 52.0 Å². The number of nitrogens with zero attached hydrogens (tertiary/aromatic N) is 4. The summed E-state index contributed by atoms with van der Waals surface area (Å²) in [6, 6.07) is 17.4. The van der Waals surface area contributed by atoms with Crippen LogP contribution >= 0.6 is 0 Å². The maximum Gasteiger partial charge on any atom is 0.294 e. The monoisotopic (exact) mass is 558 g/mol. The Bertz CT molecular complexity index is 1960. The highest BCUT2D eigenvalue weighted by Gasteiger charge is 2.11. The van der Waals surface area contributed by atoms with E-state index in [-0.39, 0.29) is 15.9 Å². The molecule has 0 fully saturated rings. The van der Waals surface area contributed by atoms with Gasteiger partial charge < -0.3 is 0 Å². The van der Waals surface area contributed by atoms with Gasteiger partial charge in [0.1, 0.15) is 11.0 Å². The third-order valence-electron chi connectivity index (χ3n) is 5.91. The van der Waals surface area contributed by atoms with Crippen molar-refractivity contribution in [1.82, 2.24) is 0 Å². The molecule has 0 heterocycles. The summed E-state index contributed by atoms with van der Waals surface area (Å²) in [6.45, 7) is 7.63. The SMILES string of the molecule is Cc1ccc(N=Nc2c/c(=N\Nc3ccc(S(=O)(=O)O)cc3)c(=O)/c(=N/Nc3ccc(C)cc3C)c2=O)c(C)c1. The number of azo groups is 1. The van der Waals surface area contributed by atoms with E-state index >= 15 is 0 Å². The van der Waals surface area contributed by atoms with Crippen LogP contribution in [0.2, 0.25) is 0 Å². The molecule has 0 saturated carbocycles. The minimum absolute atomic E-state index is 0.150. The molecule has 0 aliphatic heterocycles. The van der Waals surface area contributed by atoms with Crippen molar-refractivity contribution in [2.75, 3.05) is 10.9 Å². The molecule has 0 aliphatic carbocycles. The predicted molar refractivity (Wildman–Crippen MR) is 152 cm³/mol. The molecule has 12 heteroatoms. The van der Waals surface area contributed by atoms with Crippen LogP contribution in [0.1, 0.15) is 22.3 Å². The van der Waals surface area contributed by atoms with Crippen molar-refractivity contribution >= 4 is 32.9 Å².